The number of hydrogen-bond acceptors (Lipinski definition) is 3. The average Bonchev–Trinajstić information content (AvgIpc) is 2.76. The first-order valence-electron chi connectivity index (χ1n) is 10.1. The molecule has 2 N–H and O–H groups in total. The molecular weight excluding hydrogens is 390 g/mol. The Balaban J connectivity index is 1.74. The van der Waals surface area contributed by atoms with Gasteiger partial charge in [0.05, 0.1) is 12.0 Å². The SMILES string of the molecule is CC(=O)Nc1cccc(NC(=O)[C@H]2c3ccccc3C(=O)N(C)[C@@H]2c2ccccc2)c1. The van der Waals surface area contributed by atoms with E-state index in [1.165, 1.54) is 6.92 Å². The maximum absolute atomic E-state index is 13.6. The first-order chi connectivity index (χ1) is 15.0. The second-order valence-corrected chi connectivity index (χ2v) is 7.59. The van der Waals surface area contributed by atoms with Crippen molar-refractivity contribution in [2.24, 2.45) is 0 Å². The summed E-state index contributed by atoms with van der Waals surface area (Å²) in [5.74, 6) is -1.11. The summed E-state index contributed by atoms with van der Waals surface area (Å²) < 4.78 is 0. The summed E-state index contributed by atoms with van der Waals surface area (Å²) in [6.45, 7) is 1.43. The number of amides is 3. The molecule has 0 bridgehead atoms. The number of carbonyl (C=O) groups excluding carboxylic acids is 3. The van der Waals surface area contributed by atoms with Crippen molar-refractivity contribution in [3.8, 4) is 0 Å². The molecule has 2 atom stereocenters. The Morgan fingerprint density at radius 3 is 2.19 bits per heavy atom. The minimum absolute atomic E-state index is 0.110. The van der Waals surface area contributed by atoms with E-state index in [0.29, 0.717) is 22.5 Å². The third-order valence-corrected chi connectivity index (χ3v) is 5.45. The molecule has 0 spiro atoms. The molecule has 0 saturated carbocycles. The number of hydrogen-bond donors (Lipinski definition) is 2. The van der Waals surface area contributed by atoms with Crippen molar-refractivity contribution in [2.45, 2.75) is 18.9 Å². The van der Waals surface area contributed by atoms with Gasteiger partial charge in [-0.05, 0) is 35.4 Å². The Kier molecular flexibility index (Phi) is 5.54. The Morgan fingerprint density at radius 2 is 1.48 bits per heavy atom. The lowest BCUT2D eigenvalue weighted by Crippen LogP contribution is -2.44. The Hall–Kier alpha value is -3.93. The molecule has 0 aromatic heterocycles. The highest BCUT2D eigenvalue weighted by molar-refractivity contribution is 6.04. The summed E-state index contributed by atoms with van der Waals surface area (Å²) >= 11 is 0. The monoisotopic (exact) mass is 413 g/mol. The number of anilines is 2. The van der Waals surface area contributed by atoms with Gasteiger partial charge < -0.3 is 15.5 Å². The van der Waals surface area contributed by atoms with Crippen LogP contribution in [0.2, 0.25) is 0 Å². The van der Waals surface area contributed by atoms with E-state index >= 15 is 0 Å². The van der Waals surface area contributed by atoms with Crippen LogP contribution in [-0.2, 0) is 9.59 Å². The Labute approximate surface area is 180 Å². The highest BCUT2D eigenvalue weighted by atomic mass is 16.2. The summed E-state index contributed by atoms with van der Waals surface area (Å²) in [6, 6.07) is 23.4. The number of fused-ring (bicyclic) bond motifs is 1. The smallest absolute Gasteiger partial charge is 0.254 e. The normalized spacial score (nSPS) is 17.6. The van der Waals surface area contributed by atoms with E-state index in [2.05, 4.69) is 10.6 Å². The second kappa shape index (κ2) is 8.44. The summed E-state index contributed by atoms with van der Waals surface area (Å²) in [4.78, 5) is 39.6. The van der Waals surface area contributed by atoms with Crippen LogP contribution in [0, 0.1) is 0 Å². The maximum Gasteiger partial charge on any atom is 0.254 e. The fraction of sp³-hybridized carbons (Fsp3) is 0.160. The van der Waals surface area contributed by atoms with Gasteiger partial charge >= 0.3 is 0 Å². The first kappa shape index (κ1) is 20.3. The van der Waals surface area contributed by atoms with Gasteiger partial charge in [0, 0.05) is 30.9 Å². The number of nitrogens with one attached hydrogen (secondary N) is 2. The highest BCUT2D eigenvalue weighted by Gasteiger charge is 2.42. The summed E-state index contributed by atoms with van der Waals surface area (Å²) in [6.07, 6.45) is 0. The van der Waals surface area contributed by atoms with Gasteiger partial charge in [0.1, 0.15) is 0 Å². The predicted octanol–water partition coefficient (Wildman–Crippen LogP) is 4.19. The molecule has 1 aliphatic heterocycles. The highest BCUT2D eigenvalue weighted by Crippen LogP contribution is 2.42. The van der Waals surface area contributed by atoms with Crippen LogP contribution in [-0.4, -0.2) is 29.7 Å². The molecule has 6 nitrogen and oxygen atoms in total. The van der Waals surface area contributed by atoms with Crippen molar-refractivity contribution in [1.82, 2.24) is 4.90 Å². The molecule has 3 aromatic rings. The van der Waals surface area contributed by atoms with Gasteiger partial charge in [-0.25, -0.2) is 0 Å². The fourth-order valence-electron chi connectivity index (χ4n) is 4.12. The van der Waals surface area contributed by atoms with Crippen LogP contribution >= 0.6 is 0 Å². The molecule has 156 valence electrons. The minimum Gasteiger partial charge on any atom is -0.334 e. The molecule has 0 fully saturated rings. The van der Waals surface area contributed by atoms with Gasteiger partial charge in [-0.3, -0.25) is 14.4 Å². The Bertz CT molecular complexity index is 1140. The number of likely N-dealkylation sites (N-methyl/N-ethyl adjacent to an activating group) is 1. The van der Waals surface area contributed by atoms with E-state index in [0.717, 1.165) is 5.56 Å². The van der Waals surface area contributed by atoms with E-state index in [9.17, 15) is 14.4 Å². The lowest BCUT2D eigenvalue weighted by Gasteiger charge is -2.39. The molecule has 0 radical (unpaired) electrons. The van der Waals surface area contributed by atoms with E-state index < -0.39 is 12.0 Å². The Morgan fingerprint density at radius 1 is 0.839 bits per heavy atom. The van der Waals surface area contributed by atoms with Gasteiger partial charge in [-0.1, -0.05) is 54.6 Å². The quantitative estimate of drug-likeness (QED) is 0.673. The lowest BCUT2D eigenvalue weighted by molar-refractivity contribution is -0.119. The van der Waals surface area contributed by atoms with Gasteiger partial charge in [-0.2, -0.15) is 0 Å². The van der Waals surface area contributed by atoms with Gasteiger partial charge in [0.15, 0.2) is 0 Å². The van der Waals surface area contributed by atoms with Crippen LogP contribution < -0.4 is 10.6 Å². The number of carbonyl (C=O) groups is 3. The molecule has 4 rings (SSSR count). The zero-order valence-electron chi connectivity index (χ0n) is 17.3. The molecule has 0 aliphatic carbocycles. The summed E-state index contributed by atoms with van der Waals surface area (Å²) in [5, 5.41) is 5.69. The van der Waals surface area contributed by atoms with Crippen molar-refractivity contribution in [1.29, 1.82) is 0 Å². The zero-order valence-corrected chi connectivity index (χ0v) is 17.3. The van der Waals surface area contributed by atoms with Crippen LogP contribution in [0.15, 0.2) is 78.9 Å². The van der Waals surface area contributed by atoms with Crippen molar-refractivity contribution < 1.29 is 14.4 Å². The molecule has 3 amide bonds. The van der Waals surface area contributed by atoms with Crippen LogP contribution in [0.4, 0.5) is 11.4 Å². The van der Waals surface area contributed by atoms with E-state index in [-0.39, 0.29) is 17.7 Å². The number of nitrogens with zero attached hydrogens (tertiary/aromatic N) is 1. The van der Waals surface area contributed by atoms with E-state index in [1.807, 2.05) is 42.5 Å². The minimum atomic E-state index is -0.592. The summed E-state index contributed by atoms with van der Waals surface area (Å²) in [5.41, 5.74) is 3.29. The topological polar surface area (TPSA) is 78.5 Å². The van der Waals surface area contributed by atoms with Crippen LogP contribution in [0.3, 0.4) is 0 Å². The molecule has 31 heavy (non-hydrogen) atoms. The molecule has 0 saturated heterocycles. The third-order valence-electron chi connectivity index (χ3n) is 5.45. The molecule has 3 aromatic carbocycles. The molecular formula is C25H23N3O3. The van der Waals surface area contributed by atoms with Crippen molar-refractivity contribution in [2.75, 3.05) is 17.7 Å². The first-order valence-corrected chi connectivity index (χ1v) is 10.1. The number of rotatable bonds is 4. The van der Waals surface area contributed by atoms with Gasteiger partial charge in [-0.15, -0.1) is 0 Å². The van der Waals surface area contributed by atoms with Gasteiger partial charge in [0.25, 0.3) is 5.91 Å². The van der Waals surface area contributed by atoms with E-state index in [1.54, 1.807) is 48.3 Å². The lowest BCUT2D eigenvalue weighted by atomic mass is 9.79. The average molecular weight is 413 g/mol. The van der Waals surface area contributed by atoms with Crippen molar-refractivity contribution in [3.05, 3.63) is 95.6 Å². The third kappa shape index (κ3) is 4.05. The van der Waals surface area contributed by atoms with Crippen LogP contribution in [0.5, 0.6) is 0 Å². The zero-order chi connectivity index (χ0) is 22.0. The standard InChI is InChI=1S/C25H23N3O3/c1-16(29)26-18-11-8-12-19(15-18)27-24(30)22-20-13-6-7-14-21(20)25(31)28(2)23(22)17-9-4-3-5-10-17/h3-15,22-23H,1-2H3,(H,26,29)(H,27,30)/t22-,23+/m0/s1. The summed E-state index contributed by atoms with van der Waals surface area (Å²) in [7, 11) is 1.73. The molecule has 1 aliphatic rings. The van der Waals surface area contributed by atoms with Crippen LogP contribution in [0.1, 0.15) is 40.4 Å². The van der Waals surface area contributed by atoms with Crippen molar-refractivity contribution >= 4 is 29.1 Å². The number of benzene rings is 3. The fourth-order valence-corrected chi connectivity index (χ4v) is 4.12. The van der Waals surface area contributed by atoms with Crippen molar-refractivity contribution in [3.63, 3.8) is 0 Å². The van der Waals surface area contributed by atoms with Gasteiger partial charge in [0.2, 0.25) is 11.8 Å². The largest absolute Gasteiger partial charge is 0.334 e. The van der Waals surface area contributed by atoms with E-state index in [4.69, 9.17) is 0 Å². The molecule has 0 unspecified atom stereocenters. The predicted molar refractivity (Wildman–Crippen MR) is 120 cm³/mol. The second-order valence-electron chi connectivity index (χ2n) is 7.59. The van der Waals surface area contributed by atoms with Crippen LogP contribution in [0.25, 0.3) is 0 Å². The maximum atomic E-state index is 13.6. The molecule has 1 heterocycles. The molecule has 6 heteroatoms.